The van der Waals surface area contributed by atoms with E-state index in [4.69, 9.17) is 11.0 Å². The van der Waals surface area contributed by atoms with Crippen LogP contribution in [0.1, 0.15) is 38.5 Å². The molecule has 0 radical (unpaired) electrons. The second kappa shape index (κ2) is 10.0. The van der Waals surface area contributed by atoms with Gasteiger partial charge in [-0.15, -0.1) is 0 Å². The van der Waals surface area contributed by atoms with Crippen molar-refractivity contribution in [1.29, 1.82) is 5.26 Å². The highest BCUT2D eigenvalue weighted by Crippen LogP contribution is 1.98. The van der Waals surface area contributed by atoms with Crippen LogP contribution in [-0.4, -0.2) is 19.0 Å². The molecule has 0 saturated carbocycles. The molecule has 0 fully saturated rings. The van der Waals surface area contributed by atoms with E-state index in [1.54, 1.807) is 0 Å². The van der Waals surface area contributed by atoms with Crippen molar-refractivity contribution < 1.29 is 4.79 Å². The first kappa shape index (κ1) is 12.9. The molecule has 0 aromatic heterocycles. The van der Waals surface area contributed by atoms with Crippen LogP contribution in [0.2, 0.25) is 0 Å². The SMILES string of the molecule is N#CCCCNC(=O)CCCCCN. The van der Waals surface area contributed by atoms with Crippen LogP contribution in [0.4, 0.5) is 0 Å². The molecule has 0 aliphatic heterocycles. The predicted octanol–water partition coefficient (Wildman–Crippen LogP) is 0.925. The van der Waals surface area contributed by atoms with E-state index in [0.29, 0.717) is 25.9 Å². The molecule has 0 atom stereocenters. The Labute approximate surface area is 85.5 Å². The Morgan fingerprint density at radius 3 is 2.71 bits per heavy atom. The maximum atomic E-state index is 11.1. The first-order valence-corrected chi connectivity index (χ1v) is 5.15. The number of carbonyl (C=O) groups excluding carboxylic acids is 1. The summed E-state index contributed by atoms with van der Waals surface area (Å²) in [6.45, 7) is 1.31. The number of rotatable bonds is 8. The molecule has 0 aromatic carbocycles. The molecule has 80 valence electrons. The number of hydrogen-bond donors (Lipinski definition) is 2. The minimum Gasteiger partial charge on any atom is -0.356 e. The van der Waals surface area contributed by atoms with Gasteiger partial charge in [-0.05, 0) is 25.8 Å². The molecule has 0 rings (SSSR count). The molecule has 0 spiro atoms. The quantitative estimate of drug-likeness (QED) is 0.568. The normalized spacial score (nSPS) is 9.43. The Hall–Kier alpha value is -1.08. The van der Waals surface area contributed by atoms with Gasteiger partial charge in [0.25, 0.3) is 0 Å². The van der Waals surface area contributed by atoms with Gasteiger partial charge in [0, 0.05) is 19.4 Å². The van der Waals surface area contributed by atoms with Gasteiger partial charge in [-0.2, -0.15) is 5.26 Å². The lowest BCUT2D eigenvalue weighted by atomic mass is 10.2. The zero-order valence-corrected chi connectivity index (χ0v) is 8.59. The van der Waals surface area contributed by atoms with Crippen molar-refractivity contribution >= 4 is 5.91 Å². The topological polar surface area (TPSA) is 78.9 Å². The molecule has 4 heteroatoms. The third kappa shape index (κ3) is 9.01. The van der Waals surface area contributed by atoms with Gasteiger partial charge in [0.05, 0.1) is 6.07 Å². The van der Waals surface area contributed by atoms with Crippen molar-refractivity contribution in [3.8, 4) is 6.07 Å². The summed E-state index contributed by atoms with van der Waals surface area (Å²) in [5, 5.41) is 11.0. The van der Waals surface area contributed by atoms with Crippen LogP contribution < -0.4 is 11.1 Å². The Morgan fingerprint density at radius 2 is 2.07 bits per heavy atom. The number of unbranched alkanes of at least 4 members (excludes halogenated alkanes) is 3. The van der Waals surface area contributed by atoms with Crippen LogP contribution in [0.25, 0.3) is 0 Å². The molecular formula is C10H19N3O. The lowest BCUT2D eigenvalue weighted by molar-refractivity contribution is -0.121. The smallest absolute Gasteiger partial charge is 0.219 e. The van der Waals surface area contributed by atoms with Gasteiger partial charge < -0.3 is 11.1 Å². The minimum absolute atomic E-state index is 0.0833. The molecule has 4 nitrogen and oxygen atoms in total. The van der Waals surface area contributed by atoms with Crippen molar-refractivity contribution in [2.24, 2.45) is 5.73 Å². The van der Waals surface area contributed by atoms with Crippen LogP contribution in [0.15, 0.2) is 0 Å². The Kier molecular flexibility index (Phi) is 9.23. The molecule has 1 amide bonds. The number of carbonyl (C=O) groups is 1. The lowest BCUT2D eigenvalue weighted by Gasteiger charge is -2.02. The predicted molar refractivity (Wildman–Crippen MR) is 55.4 cm³/mol. The molecule has 0 aromatic rings. The summed E-state index contributed by atoms with van der Waals surface area (Å²) >= 11 is 0. The van der Waals surface area contributed by atoms with E-state index in [1.165, 1.54) is 0 Å². The molecule has 3 N–H and O–H groups in total. The van der Waals surface area contributed by atoms with Crippen molar-refractivity contribution in [3.05, 3.63) is 0 Å². The number of nitrogens with two attached hydrogens (primary N) is 1. The van der Waals surface area contributed by atoms with E-state index in [2.05, 4.69) is 5.32 Å². The van der Waals surface area contributed by atoms with Gasteiger partial charge in [-0.25, -0.2) is 0 Å². The average molecular weight is 197 g/mol. The van der Waals surface area contributed by atoms with Gasteiger partial charge >= 0.3 is 0 Å². The molecule has 0 bridgehead atoms. The molecule has 0 aliphatic rings. The monoisotopic (exact) mass is 197 g/mol. The molecule has 0 saturated heterocycles. The maximum Gasteiger partial charge on any atom is 0.219 e. The summed E-state index contributed by atoms with van der Waals surface area (Å²) in [5.41, 5.74) is 5.33. The van der Waals surface area contributed by atoms with E-state index in [9.17, 15) is 4.79 Å². The van der Waals surface area contributed by atoms with Crippen LogP contribution in [0.3, 0.4) is 0 Å². The highest BCUT2D eigenvalue weighted by molar-refractivity contribution is 5.75. The maximum absolute atomic E-state index is 11.1. The fourth-order valence-corrected chi connectivity index (χ4v) is 1.09. The van der Waals surface area contributed by atoms with Gasteiger partial charge in [0.15, 0.2) is 0 Å². The number of nitrogens with zero attached hydrogens (tertiary/aromatic N) is 1. The van der Waals surface area contributed by atoms with Crippen LogP contribution in [0.5, 0.6) is 0 Å². The van der Waals surface area contributed by atoms with Crippen LogP contribution in [0, 0.1) is 11.3 Å². The standard InChI is InChI=1S/C10H19N3O/c11-7-3-1-2-6-10(14)13-9-5-4-8-12/h1-7,9,11H2,(H,13,14). The molecule has 0 unspecified atom stereocenters. The third-order valence-corrected chi connectivity index (χ3v) is 1.90. The van der Waals surface area contributed by atoms with E-state index in [-0.39, 0.29) is 5.91 Å². The fraction of sp³-hybridized carbons (Fsp3) is 0.800. The van der Waals surface area contributed by atoms with Crippen LogP contribution >= 0.6 is 0 Å². The third-order valence-electron chi connectivity index (χ3n) is 1.90. The summed E-state index contributed by atoms with van der Waals surface area (Å²) in [4.78, 5) is 11.1. The zero-order chi connectivity index (χ0) is 10.6. The molecule has 14 heavy (non-hydrogen) atoms. The van der Waals surface area contributed by atoms with Crippen molar-refractivity contribution in [3.63, 3.8) is 0 Å². The molecule has 0 aliphatic carbocycles. The van der Waals surface area contributed by atoms with Gasteiger partial charge in [-0.1, -0.05) is 6.42 Å². The van der Waals surface area contributed by atoms with E-state index < -0.39 is 0 Å². The van der Waals surface area contributed by atoms with Gasteiger partial charge in [-0.3, -0.25) is 4.79 Å². The number of nitrogens with one attached hydrogen (secondary N) is 1. The van der Waals surface area contributed by atoms with E-state index >= 15 is 0 Å². The number of amides is 1. The number of hydrogen-bond acceptors (Lipinski definition) is 3. The largest absolute Gasteiger partial charge is 0.356 e. The van der Waals surface area contributed by atoms with Crippen molar-refractivity contribution in [2.45, 2.75) is 38.5 Å². The van der Waals surface area contributed by atoms with Gasteiger partial charge in [0.2, 0.25) is 5.91 Å². The van der Waals surface area contributed by atoms with E-state index in [0.717, 1.165) is 25.7 Å². The summed E-state index contributed by atoms with van der Waals surface area (Å²) in [6.07, 6.45) is 4.73. The second-order valence-electron chi connectivity index (χ2n) is 3.21. The fourth-order valence-electron chi connectivity index (χ4n) is 1.09. The zero-order valence-electron chi connectivity index (χ0n) is 8.59. The first-order chi connectivity index (χ1) is 6.81. The summed E-state index contributed by atoms with van der Waals surface area (Å²) in [7, 11) is 0. The summed E-state index contributed by atoms with van der Waals surface area (Å²) < 4.78 is 0. The minimum atomic E-state index is 0.0833. The lowest BCUT2D eigenvalue weighted by Crippen LogP contribution is -2.23. The Balaban J connectivity index is 3.16. The second-order valence-corrected chi connectivity index (χ2v) is 3.21. The first-order valence-electron chi connectivity index (χ1n) is 5.15. The van der Waals surface area contributed by atoms with Gasteiger partial charge in [0.1, 0.15) is 0 Å². The van der Waals surface area contributed by atoms with Crippen LogP contribution in [-0.2, 0) is 4.79 Å². The number of nitriles is 1. The van der Waals surface area contributed by atoms with Crippen molar-refractivity contribution in [1.82, 2.24) is 5.32 Å². The molecule has 0 heterocycles. The highest BCUT2D eigenvalue weighted by Gasteiger charge is 1.99. The average Bonchev–Trinajstić information content (AvgIpc) is 2.19. The Morgan fingerprint density at radius 1 is 1.29 bits per heavy atom. The van der Waals surface area contributed by atoms with E-state index in [1.807, 2.05) is 6.07 Å². The Bertz CT molecular complexity index is 186. The molecular weight excluding hydrogens is 178 g/mol. The highest BCUT2D eigenvalue weighted by atomic mass is 16.1. The van der Waals surface area contributed by atoms with Crippen molar-refractivity contribution in [2.75, 3.05) is 13.1 Å². The summed E-state index contributed by atoms with van der Waals surface area (Å²) in [5.74, 6) is 0.0833. The summed E-state index contributed by atoms with van der Waals surface area (Å²) in [6, 6.07) is 2.04.